The number of sulfonamides is 1. The van der Waals surface area contributed by atoms with Crippen LogP contribution in [0, 0.1) is 35.9 Å². The van der Waals surface area contributed by atoms with E-state index in [0.717, 1.165) is 25.3 Å². The first-order valence-electron chi connectivity index (χ1n) is 11.5. The lowest BCUT2D eigenvalue weighted by Crippen LogP contribution is -2.62. The van der Waals surface area contributed by atoms with Crippen LogP contribution in [0.3, 0.4) is 0 Å². The summed E-state index contributed by atoms with van der Waals surface area (Å²) in [6, 6.07) is 3.58. The molecule has 6 rings (SSSR count). The van der Waals surface area contributed by atoms with E-state index in [1.165, 1.54) is 16.4 Å². The van der Waals surface area contributed by atoms with Crippen LogP contribution in [0.1, 0.15) is 50.5 Å². The number of halogens is 1. The third-order valence-corrected chi connectivity index (χ3v) is 10.0. The molecule has 3 N–H and O–H groups in total. The van der Waals surface area contributed by atoms with E-state index in [1.807, 2.05) is 0 Å². The van der Waals surface area contributed by atoms with Gasteiger partial charge in [0.05, 0.1) is 11.4 Å². The van der Waals surface area contributed by atoms with E-state index in [0.29, 0.717) is 37.2 Å². The lowest BCUT2D eigenvalue weighted by molar-refractivity contribution is -0.147. The van der Waals surface area contributed by atoms with Crippen LogP contribution in [0.15, 0.2) is 23.1 Å². The summed E-state index contributed by atoms with van der Waals surface area (Å²) in [5.41, 5.74) is 5.68. The zero-order valence-corrected chi connectivity index (χ0v) is 19.0. The van der Waals surface area contributed by atoms with Gasteiger partial charge in [-0.2, -0.15) is 4.31 Å². The maximum absolute atomic E-state index is 14.0. The normalized spacial score (nSPS) is 33.5. The standard InChI is InChI=1S/C23H30FN3O4S/c1-13-2-5-18(8-19(13)24)32(30,31)27(17-3-4-17)12-20(28)26-21-15-6-14-7-16(21)11-23(9-14,10-15)22(25)29/h2,5,8,14-17,21H,3-4,6-7,9-12H2,1H3,(H2,25,29)(H,26,28). The summed E-state index contributed by atoms with van der Waals surface area (Å²) in [6.45, 7) is 1.30. The van der Waals surface area contributed by atoms with Crippen LogP contribution >= 0.6 is 0 Å². The number of nitrogens with zero attached hydrogens (tertiary/aromatic N) is 1. The van der Waals surface area contributed by atoms with Gasteiger partial charge >= 0.3 is 0 Å². The molecule has 0 aliphatic heterocycles. The Hall–Kier alpha value is -2.00. The third kappa shape index (κ3) is 3.63. The fourth-order valence-corrected chi connectivity index (χ4v) is 8.23. The Kier molecular flexibility index (Phi) is 5.13. The third-order valence-electron chi connectivity index (χ3n) is 8.13. The van der Waals surface area contributed by atoms with Gasteiger partial charge in [0.1, 0.15) is 5.82 Å². The first-order valence-corrected chi connectivity index (χ1v) is 12.9. The number of amides is 2. The summed E-state index contributed by atoms with van der Waals surface area (Å²) >= 11 is 0. The second-order valence-corrected chi connectivity index (χ2v) is 12.3. The van der Waals surface area contributed by atoms with Crippen LogP contribution in [0.5, 0.6) is 0 Å². The molecular weight excluding hydrogens is 433 g/mol. The highest BCUT2D eigenvalue weighted by Crippen LogP contribution is 2.59. The molecule has 5 fully saturated rings. The van der Waals surface area contributed by atoms with Crippen LogP contribution in [-0.4, -0.2) is 43.2 Å². The average molecular weight is 464 g/mol. The monoisotopic (exact) mass is 463 g/mol. The van der Waals surface area contributed by atoms with E-state index in [9.17, 15) is 22.4 Å². The Morgan fingerprint density at radius 1 is 1.19 bits per heavy atom. The molecule has 5 aliphatic carbocycles. The van der Waals surface area contributed by atoms with Crippen molar-refractivity contribution in [3.63, 3.8) is 0 Å². The van der Waals surface area contributed by atoms with Crippen molar-refractivity contribution in [2.24, 2.45) is 28.9 Å². The molecule has 0 aromatic heterocycles. The maximum Gasteiger partial charge on any atom is 0.243 e. The molecule has 0 saturated heterocycles. The van der Waals surface area contributed by atoms with E-state index in [-0.39, 0.29) is 47.2 Å². The molecule has 1 aromatic rings. The van der Waals surface area contributed by atoms with Crippen LogP contribution < -0.4 is 11.1 Å². The largest absolute Gasteiger partial charge is 0.369 e. The molecular formula is C23H30FN3O4S. The number of rotatable bonds is 7. The van der Waals surface area contributed by atoms with Gasteiger partial charge in [-0.3, -0.25) is 9.59 Å². The summed E-state index contributed by atoms with van der Waals surface area (Å²) in [7, 11) is -3.98. The van der Waals surface area contributed by atoms with Crippen molar-refractivity contribution in [2.75, 3.05) is 6.54 Å². The molecule has 174 valence electrons. The zero-order chi connectivity index (χ0) is 22.8. The van der Waals surface area contributed by atoms with Crippen molar-refractivity contribution in [1.82, 2.24) is 9.62 Å². The molecule has 9 heteroatoms. The highest BCUT2D eigenvalue weighted by atomic mass is 32.2. The van der Waals surface area contributed by atoms with E-state index >= 15 is 0 Å². The lowest BCUT2D eigenvalue weighted by atomic mass is 9.47. The summed E-state index contributed by atoms with van der Waals surface area (Å²) < 4.78 is 41.6. The van der Waals surface area contributed by atoms with Gasteiger partial charge in [0.15, 0.2) is 0 Å². The number of carbonyl (C=O) groups is 2. The summed E-state index contributed by atoms with van der Waals surface area (Å²) in [5, 5.41) is 3.10. The number of benzene rings is 1. The minimum absolute atomic E-state index is 0.0490. The van der Waals surface area contributed by atoms with Crippen LogP contribution in [0.2, 0.25) is 0 Å². The highest BCUT2D eigenvalue weighted by Gasteiger charge is 2.58. The number of hydrogen-bond acceptors (Lipinski definition) is 4. The van der Waals surface area contributed by atoms with Crippen molar-refractivity contribution in [2.45, 2.75) is 68.8 Å². The van der Waals surface area contributed by atoms with Crippen molar-refractivity contribution in [1.29, 1.82) is 0 Å². The number of carbonyl (C=O) groups excluding carboxylic acids is 2. The molecule has 0 heterocycles. The minimum Gasteiger partial charge on any atom is -0.369 e. The number of primary amides is 1. The van der Waals surface area contributed by atoms with Crippen LogP contribution in [-0.2, 0) is 19.6 Å². The van der Waals surface area contributed by atoms with Gasteiger partial charge in [-0.05, 0) is 87.3 Å². The van der Waals surface area contributed by atoms with Gasteiger partial charge in [0, 0.05) is 17.5 Å². The molecule has 2 amide bonds. The van der Waals surface area contributed by atoms with Gasteiger partial charge in [-0.1, -0.05) is 6.07 Å². The first-order chi connectivity index (χ1) is 15.1. The minimum atomic E-state index is -3.98. The molecule has 4 bridgehead atoms. The Labute approximate surface area is 188 Å². The molecule has 1 aromatic carbocycles. The number of nitrogens with two attached hydrogens (primary N) is 1. The highest BCUT2D eigenvalue weighted by molar-refractivity contribution is 7.89. The van der Waals surface area contributed by atoms with E-state index in [4.69, 9.17) is 5.73 Å². The lowest BCUT2D eigenvalue weighted by Gasteiger charge is -2.58. The van der Waals surface area contributed by atoms with Crippen LogP contribution in [0.4, 0.5) is 4.39 Å². The van der Waals surface area contributed by atoms with Crippen LogP contribution in [0.25, 0.3) is 0 Å². The van der Waals surface area contributed by atoms with Crippen molar-refractivity contribution in [3.05, 3.63) is 29.6 Å². The van der Waals surface area contributed by atoms with E-state index in [2.05, 4.69) is 5.32 Å². The van der Waals surface area contributed by atoms with Gasteiger partial charge in [0.25, 0.3) is 0 Å². The maximum atomic E-state index is 14.0. The van der Waals surface area contributed by atoms with Gasteiger partial charge in [0.2, 0.25) is 21.8 Å². The first kappa shape index (κ1) is 21.8. The summed E-state index contributed by atoms with van der Waals surface area (Å²) in [4.78, 5) is 25.0. The summed E-state index contributed by atoms with van der Waals surface area (Å²) in [5.74, 6) is -0.252. The van der Waals surface area contributed by atoms with Gasteiger partial charge in [-0.25, -0.2) is 12.8 Å². The van der Waals surface area contributed by atoms with Crippen molar-refractivity contribution < 1.29 is 22.4 Å². The number of nitrogens with one attached hydrogen (secondary N) is 1. The second kappa shape index (κ2) is 7.52. The fourth-order valence-electron chi connectivity index (χ4n) is 6.58. The predicted molar refractivity (Wildman–Crippen MR) is 115 cm³/mol. The fraction of sp³-hybridized carbons (Fsp3) is 0.652. The van der Waals surface area contributed by atoms with Gasteiger partial charge in [-0.15, -0.1) is 0 Å². The topological polar surface area (TPSA) is 110 Å². The molecule has 0 radical (unpaired) electrons. The average Bonchev–Trinajstić information content (AvgIpc) is 3.55. The smallest absolute Gasteiger partial charge is 0.243 e. The SMILES string of the molecule is Cc1ccc(S(=O)(=O)N(CC(=O)NC2C3CC4CC2CC(C(N)=O)(C4)C3)C2CC2)cc1F. The van der Waals surface area contributed by atoms with Gasteiger partial charge < -0.3 is 11.1 Å². The number of aryl methyl sites for hydroxylation is 1. The molecule has 32 heavy (non-hydrogen) atoms. The second-order valence-electron chi connectivity index (χ2n) is 10.4. The Morgan fingerprint density at radius 2 is 1.84 bits per heavy atom. The quantitative estimate of drug-likeness (QED) is 0.645. The predicted octanol–water partition coefficient (Wildman–Crippen LogP) is 2.08. The molecule has 2 unspecified atom stereocenters. The number of hydrogen-bond donors (Lipinski definition) is 2. The molecule has 5 aliphatic rings. The molecule has 2 atom stereocenters. The molecule has 7 nitrogen and oxygen atoms in total. The Morgan fingerprint density at radius 3 is 2.41 bits per heavy atom. The van der Waals surface area contributed by atoms with Crippen molar-refractivity contribution in [3.8, 4) is 0 Å². The molecule has 5 saturated carbocycles. The van der Waals surface area contributed by atoms with E-state index in [1.54, 1.807) is 6.92 Å². The Balaban J connectivity index is 1.31. The summed E-state index contributed by atoms with van der Waals surface area (Å²) in [6.07, 6.45) is 5.60. The van der Waals surface area contributed by atoms with Crippen molar-refractivity contribution >= 4 is 21.8 Å². The zero-order valence-electron chi connectivity index (χ0n) is 18.2. The van der Waals surface area contributed by atoms with E-state index < -0.39 is 21.3 Å². The Bertz CT molecular complexity index is 1050. The molecule has 0 spiro atoms.